The number of nitrogens with one attached hydrogen (secondary N) is 1. The van der Waals surface area contributed by atoms with Crippen molar-refractivity contribution < 1.29 is 18.0 Å². The number of rotatable bonds is 12. The maximum atomic E-state index is 13.4. The van der Waals surface area contributed by atoms with Gasteiger partial charge in [0.2, 0.25) is 21.8 Å². The summed E-state index contributed by atoms with van der Waals surface area (Å²) in [6.45, 7) is 9.52. The van der Waals surface area contributed by atoms with Gasteiger partial charge >= 0.3 is 0 Å². The van der Waals surface area contributed by atoms with Crippen molar-refractivity contribution in [3.05, 3.63) is 63.1 Å². The smallest absolute Gasteiger partial charge is 0.242 e. The zero-order chi connectivity index (χ0) is 27.9. The van der Waals surface area contributed by atoms with Crippen LogP contribution in [0.25, 0.3) is 0 Å². The first kappa shape index (κ1) is 30.9. The van der Waals surface area contributed by atoms with Gasteiger partial charge in [-0.3, -0.25) is 13.9 Å². The van der Waals surface area contributed by atoms with Gasteiger partial charge in [-0.05, 0) is 75.9 Å². The molecule has 0 spiro atoms. The molecule has 2 aromatic rings. The summed E-state index contributed by atoms with van der Waals surface area (Å²) >= 11 is 12.7. The van der Waals surface area contributed by atoms with E-state index >= 15 is 0 Å². The number of hydrogen-bond donors (Lipinski definition) is 1. The monoisotopic (exact) mass is 569 g/mol. The van der Waals surface area contributed by atoms with Gasteiger partial charge in [0.05, 0.1) is 11.9 Å². The van der Waals surface area contributed by atoms with Crippen LogP contribution in [0.1, 0.15) is 56.7 Å². The summed E-state index contributed by atoms with van der Waals surface area (Å²) in [5, 5.41) is 3.72. The first-order valence-corrected chi connectivity index (χ1v) is 14.9. The van der Waals surface area contributed by atoms with E-state index in [-0.39, 0.29) is 43.8 Å². The van der Waals surface area contributed by atoms with E-state index in [1.807, 2.05) is 45.9 Å². The molecular formula is C27H37Cl2N3O4S. The summed E-state index contributed by atoms with van der Waals surface area (Å²) in [4.78, 5) is 27.8. The third kappa shape index (κ3) is 8.90. The van der Waals surface area contributed by atoms with Gasteiger partial charge in [0.15, 0.2) is 0 Å². The number of nitrogens with zero attached hydrogens (tertiary/aromatic N) is 2. The largest absolute Gasteiger partial charge is 0.352 e. The molecule has 2 amide bonds. The van der Waals surface area contributed by atoms with Gasteiger partial charge in [0, 0.05) is 41.2 Å². The van der Waals surface area contributed by atoms with Crippen molar-refractivity contribution in [2.75, 3.05) is 17.1 Å². The highest BCUT2D eigenvalue weighted by molar-refractivity contribution is 7.92. The van der Waals surface area contributed by atoms with Crippen molar-refractivity contribution in [3.63, 3.8) is 0 Å². The van der Waals surface area contributed by atoms with Crippen LogP contribution < -0.4 is 9.62 Å². The molecule has 0 aliphatic heterocycles. The first-order valence-electron chi connectivity index (χ1n) is 12.3. The van der Waals surface area contributed by atoms with Gasteiger partial charge in [0.1, 0.15) is 6.04 Å². The van der Waals surface area contributed by atoms with Gasteiger partial charge in [-0.2, -0.15) is 0 Å². The number of carbonyl (C=O) groups is 2. The molecule has 0 fully saturated rings. The fourth-order valence-electron chi connectivity index (χ4n) is 4.00. The van der Waals surface area contributed by atoms with E-state index in [2.05, 4.69) is 5.32 Å². The van der Waals surface area contributed by atoms with Crippen LogP contribution >= 0.6 is 23.2 Å². The van der Waals surface area contributed by atoms with Crippen LogP contribution in [0.4, 0.5) is 5.69 Å². The molecule has 0 aliphatic rings. The quantitative estimate of drug-likeness (QED) is 0.366. The zero-order valence-corrected chi connectivity index (χ0v) is 24.7. The second-order valence-corrected chi connectivity index (χ2v) is 12.2. The van der Waals surface area contributed by atoms with Gasteiger partial charge in [0.25, 0.3) is 0 Å². The second kappa shape index (κ2) is 13.5. The van der Waals surface area contributed by atoms with Gasteiger partial charge in [-0.25, -0.2) is 8.42 Å². The second-order valence-electron chi connectivity index (χ2n) is 9.50. The summed E-state index contributed by atoms with van der Waals surface area (Å²) in [5.41, 5.74) is 3.01. The molecule has 0 aliphatic carbocycles. The number of aryl methyl sites for hydroxylation is 2. The predicted octanol–water partition coefficient (Wildman–Crippen LogP) is 5.49. The van der Waals surface area contributed by atoms with E-state index in [4.69, 9.17) is 23.2 Å². The Balaban J connectivity index is 2.26. The Morgan fingerprint density at radius 1 is 1.03 bits per heavy atom. The highest BCUT2D eigenvalue weighted by atomic mass is 35.5. The Bertz CT molecular complexity index is 1180. The standard InChI is InChI=1S/C27H37Cl2N3O4S/c1-7-20(4)30-27(34)21(5)31(17-23-24(28)10-8-11-25(23)29)26(33)12-9-13-32(37(6,35)36)22-15-18(2)14-19(3)16-22/h8,10-11,14-16,20-21H,7,9,12-13,17H2,1-6H3,(H,30,34)/t20-,21-/m1/s1. The van der Waals surface area contributed by atoms with Crippen LogP contribution in [0.3, 0.4) is 0 Å². The minimum atomic E-state index is -3.57. The number of carbonyl (C=O) groups excluding carboxylic acids is 2. The van der Waals surface area contributed by atoms with Crippen molar-refractivity contribution in [1.29, 1.82) is 0 Å². The number of anilines is 1. The summed E-state index contributed by atoms with van der Waals surface area (Å²) in [6, 6.07) is 9.84. The molecule has 0 aromatic heterocycles. The fourth-order valence-corrected chi connectivity index (χ4v) is 5.47. The molecule has 10 heteroatoms. The van der Waals surface area contributed by atoms with Crippen LogP contribution in [0.5, 0.6) is 0 Å². The predicted molar refractivity (Wildman–Crippen MR) is 152 cm³/mol. The maximum absolute atomic E-state index is 13.4. The zero-order valence-electron chi connectivity index (χ0n) is 22.3. The first-order chi connectivity index (χ1) is 17.2. The third-order valence-corrected chi connectivity index (χ3v) is 8.11. The molecule has 0 saturated carbocycles. The van der Waals surface area contributed by atoms with Crippen molar-refractivity contribution in [3.8, 4) is 0 Å². The van der Waals surface area contributed by atoms with Crippen LogP contribution in [0.2, 0.25) is 10.0 Å². The molecular weight excluding hydrogens is 533 g/mol. The lowest BCUT2D eigenvalue weighted by Gasteiger charge is -2.30. The normalized spacial score (nSPS) is 13.1. The van der Waals surface area contributed by atoms with E-state index < -0.39 is 16.1 Å². The van der Waals surface area contributed by atoms with Gasteiger partial charge < -0.3 is 10.2 Å². The lowest BCUT2D eigenvalue weighted by molar-refractivity contribution is -0.140. The molecule has 2 aromatic carbocycles. The Morgan fingerprint density at radius 3 is 2.11 bits per heavy atom. The van der Waals surface area contributed by atoms with Gasteiger partial charge in [-0.15, -0.1) is 0 Å². The molecule has 204 valence electrons. The Labute approximate surface area is 231 Å². The lowest BCUT2D eigenvalue weighted by Crippen LogP contribution is -2.49. The molecule has 0 bridgehead atoms. The molecule has 0 saturated heterocycles. The van der Waals surface area contributed by atoms with Gasteiger partial charge in [-0.1, -0.05) is 42.3 Å². The third-order valence-electron chi connectivity index (χ3n) is 6.21. The van der Waals surface area contributed by atoms with Crippen LogP contribution in [-0.2, 0) is 26.2 Å². The Morgan fingerprint density at radius 2 is 1.59 bits per heavy atom. The highest BCUT2D eigenvalue weighted by Crippen LogP contribution is 2.27. The summed E-state index contributed by atoms with van der Waals surface area (Å²) in [5.74, 6) is -0.574. The number of amides is 2. The Kier molecular flexibility index (Phi) is 11.3. The van der Waals surface area contributed by atoms with Crippen molar-refractivity contribution in [1.82, 2.24) is 10.2 Å². The maximum Gasteiger partial charge on any atom is 0.242 e. The van der Waals surface area contributed by atoms with E-state index in [1.165, 1.54) is 9.21 Å². The van der Waals surface area contributed by atoms with Crippen molar-refractivity contribution >= 4 is 50.7 Å². The highest BCUT2D eigenvalue weighted by Gasteiger charge is 2.28. The van der Waals surface area contributed by atoms with Crippen molar-refractivity contribution in [2.24, 2.45) is 0 Å². The van der Waals surface area contributed by atoms with E-state index in [0.29, 0.717) is 21.3 Å². The number of hydrogen-bond acceptors (Lipinski definition) is 4. The van der Waals surface area contributed by atoms with Crippen molar-refractivity contribution in [2.45, 2.75) is 72.5 Å². The summed E-state index contributed by atoms with van der Waals surface area (Å²) < 4.78 is 26.4. The minimum absolute atomic E-state index is 0.0415. The SMILES string of the molecule is CC[C@@H](C)NC(=O)[C@@H](C)N(Cc1c(Cl)cccc1Cl)C(=O)CCCN(c1cc(C)cc(C)c1)S(C)(=O)=O. The molecule has 0 radical (unpaired) electrons. The minimum Gasteiger partial charge on any atom is -0.352 e. The Hall–Kier alpha value is -2.29. The average Bonchev–Trinajstić information content (AvgIpc) is 2.79. The summed E-state index contributed by atoms with van der Waals surface area (Å²) in [6.07, 6.45) is 2.22. The molecule has 1 N–H and O–H groups in total. The topological polar surface area (TPSA) is 86.8 Å². The lowest BCUT2D eigenvalue weighted by atomic mass is 10.1. The average molecular weight is 571 g/mol. The molecule has 7 nitrogen and oxygen atoms in total. The van der Waals surface area contributed by atoms with Crippen LogP contribution in [-0.4, -0.2) is 50.0 Å². The fraction of sp³-hybridized carbons (Fsp3) is 0.481. The number of halogens is 2. The van der Waals surface area contributed by atoms with E-state index in [0.717, 1.165) is 23.8 Å². The molecule has 37 heavy (non-hydrogen) atoms. The number of sulfonamides is 1. The molecule has 2 rings (SSSR count). The number of benzene rings is 2. The molecule has 0 heterocycles. The molecule has 2 atom stereocenters. The van der Waals surface area contributed by atoms with Crippen LogP contribution in [0, 0.1) is 13.8 Å². The van der Waals surface area contributed by atoms with Crippen LogP contribution in [0.15, 0.2) is 36.4 Å². The molecule has 0 unspecified atom stereocenters. The van der Waals surface area contributed by atoms with E-state index in [1.54, 1.807) is 25.1 Å². The summed E-state index contributed by atoms with van der Waals surface area (Å²) in [7, 11) is -3.57. The van der Waals surface area contributed by atoms with E-state index in [9.17, 15) is 18.0 Å².